The van der Waals surface area contributed by atoms with Gasteiger partial charge in [-0.05, 0) is 65.2 Å². The highest BCUT2D eigenvalue weighted by molar-refractivity contribution is 9.10. The van der Waals surface area contributed by atoms with Crippen LogP contribution in [0.25, 0.3) is 11.5 Å². The van der Waals surface area contributed by atoms with Crippen molar-refractivity contribution in [3.63, 3.8) is 0 Å². The van der Waals surface area contributed by atoms with Gasteiger partial charge in [0, 0.05) is 10.0 Å². The van der Waals surface area contributed by atoms with Gasteiger partial charge in [0.25, 0.3) is 5.22 Å². The third kappa shape index (κ3) is 4.49. The number of aryl methyl sites for hydroxylation is 2. The van der Waals surface area contributed by atoms with Gasteiger partial charge in [0.1, 0.15) is 0 Å². The second-order valence-electron chi connectivity index (χ2n) is 5.49. The van der Waals surface area contributed by atoms with E-state index >= 15 is 0 Å². The first-order valence-corrected chi connectivity index (χ1v) is 9.39. The zero-order chi connectivity index (χ0) is 17.8. The number of benzene rings is 2. The number of hydrogen-bond acceptors (Lipinski definition) is 5. The lowest BCUT2D eigenvalue weighted by atomic mass is 10.1. The van der Waals surface area contributed by atoms with Gasteiger partial charge in [-0.15, -0.1) is 10.2 Å². The number of halogens is 1. The second-order valence-corrected chi connectivity index (χ2v) is 7.27. The normalized spacial score (nSPS) is 10.7. The largest absolute Gasteiger partial charge is 0.411 e. The van der Waals surface area contributed by atoms with Crippen molar-refractivity contribution >= 4 is 39.3 Å². The number of anilines is 1. The number of aromatic nitrogens is 2. The number of thioether (sulfide) groups is 1. The Hall–Kier alpha value is -2.12. The van der Waals surface area contributed by atoms with Crippen molar-refractivity contribution in [2.45, 2.75) is 19.1 Å². The minimum atomic E-state index is -0.136. The van der Waals surface area contributed by atoms with Crippen LogP contribution in [0.4, 0.5) is 5.69 Å². The molecule has 0 radical (unpaired) electrons. The van der Waals surface area contributed by atoms with Crippen LogP contribution >= 0.6 is 27.7 Å². The minimum Gasteiger partial charge on any atom is -0.411 e. The molecule has 0 aliphatic carbocycles. The Morgan fingerprint density at radius 3 is 2.72 bits per heavy atom. The van der Waals surface area contributed by atoms with Crippen LogP contribution in [0.3, 0.4) is 0 Å². The molecule has 0 bridgehead atoms. The molecule has 1 aromatic heterocycles. The maximum Gasteiger partial charge on any atom is 0.277 e. The van der Waals surface area contributed by atoms with E-state index in [1.54, 1.807) is 0 Å². The third-order valence-corrected chi connectivity index (χ3v) is 5.14. The molecule has 1 N–H and O–H groups in total. The molecule has 5 nitrogen and oxygen atoms in total. The SMILES string of the molecule is Cc1ccc(-c2nnc(SCC(=O)Nc3ccccc3Br)o2)cc1C. The van der Waals surface area contributed by atoms with E-state index < -0.39 is 0 Å². The van der Waals surface area contributed by atoms with Crippen molar-refractivity contribution < 1.29 is 9.21 Å². The molecule has 3 aromatic rings. The molecular weight excluding hydrogens is 402 g/mol. The van der Waals surface area contributed by atoms with Gasteiger partial charge in [0.15, 0.2) is 0 Å². The molecule has 7 heteroatoms. The van der Waals surface area contributed by atoms with E-state index in [4.69, 9.17) is 4.42 Å². The molecule has 0 saturated heterocycles. The molecule has 0 aliphatic heterocycles. The molecule has 0 saturated carbocycles. The minimum absolute atomic E-state index is 0.136. The smallest absolute Gasteiger partial charge is 0.277 e. The lowest BCUT2D eigenvalue weighted by molar-refractivity contribution is -0.113. The number of nitrogens with one attached hydrogen (secondary N) is 1. The van der Waals surface area contributed by atoms with Gasteiger partial charge in [0.2, 0.25) is 11.8 Å². The van der Waals surface area contributed by atoms with Gasteiger partial charge in [-0.3, -0.25) is 4.79 Å². The molecule has 1 heterocycles. The molecule has 3 rings (SSSR count). The highest BCUT2D eigenvalue weighted by Gasteiger charge is 2.12. The summed E-state index contributed by atoms with van der Waals surface area (Å²) in [7, 11) is 0. The average Bonchev–Trinajstić information content (AvgIpc) is 3.07. The highest BCUT2D eigenvalue weighted by atomic mass is 79.9. The quantitative estimate of drug-likeness (QED) is 0.601. The van der Waals surface area contributed by atoms with Crippen molar-refractivity contribution in [2.24, 2.45) is 0 Å². The molecule has 128 valence electrons. The monoisotopic (exact) mass is 417 g/mol. The van der Waals surface area contributed by atoms with Gasteiger partial charge in [-0.1, -0.05) is 30.0 Å². The van der Waals surface area contributed by atoms with E-state index in [2.05, 4.69) is 38.4 Å². The van der Waals surface area contributed by atoms with Crippen LogP contribution in [0.2, 0.25) is 0 Å². The Morgan fingerprint density at radius 1 is 1.16 bits per heavy atom. The molecule has 25 heavy (non-hydrogen) atoms. The molecule has 0 atom stereocenters. The van der Waals surface area contributed by atoms with E-state index in [9.17, 15) is 4.79 Å². The first-order chi connectivity index (χ1) is 12.0. The van der Waals surface area contributed by atoms with E-state index in [0.29, 0.717) is 11.1 Å². The predicted molar refractivity (Wildman–Crippen MR) is 103 cm³/mol. The van der Waals surface area contributed by atoms with Crippen LogP contribution in [0, 0.1) is 13.8 Å². The summed E-state index contributed by atoms with van der Waals surface area (Å²) in [6, 6.07) is 13.4. The van der Waals surface area contributed by atoms with Crippen LogP contribution in [0.1, 0.15) is 11.1 Å². The van der Waals surface area contributed by atoms with Crippen LogP contribution in [0.5, 0.6) is 0 Å². The fourth-order valence-corrected chi connectivity index (χ4v) is 3.08. The Balaban J connectivity index is 1.61. The molecule has 2 aromatic carbocycles. The first kappa shape index (κ1) is 17.7. The molecule has 0 fully saturated rings. The fraction of sp³-hybridized carbons (Fsp3) is 0.167. The Kier molecular flexibility index (Phi) is 5.55. The topological polar surface area (TPSA) is 68.0 Å². The van der Waals surface area contributed by atoms with Crippen molar-refractivity contribution in [3.8, 4) is 11.5 Å². The van der Waals surface area contributed by atoms with Crippen LogP contribution in [-0.4, -0.2) is 21.9 Å². The van der Waals surface area contributed by atoms with Crippen molar-refractivity contribution in [1.29, 1.82) is 0 Å². The Bertz CT molecular complexity index is 911. The summed E-state index contributed by atoms with van der Waals surface area (Å²) in [5.41, 5.74) is 3.98. The fourth-order valence-electron chi connectivity index (χ4n) is 2.14. The number of para-hydroxylation sites is 1. The van der Waals surface area contributed by atoms with Gasteiger partial charge in [0.05, 0.1) is 11.4 Å². The van der Waals surface area contributed by atoms with Crippen molar-refractivity contribution in [3.05, 3.63) is 58.1 Å². The predicted octanol–water partition coefficient (Wildman–Crippen LogP) is 4.85. The number of nitrogens with zero attached hydrogens (tertiary/aromatic N) is 2. The van der Waals surface area contributed by atoms with E-state index in [0.717, 1.165) is 21.3 Å². The maximum atomic E-state index is 12.1. The number of carbonyl (C=O) groups excluding carboxylic acids is 1. The van der Waals surface area contributed by atoms with Crippen LogP contribution in [-0.2, 0) is 4.79 Å². The standard InChI is InChI=1S/C18H16BrN3O2S/c1-11-7-8-13(9-12(11)2)17-21-22-18(24-17)25-10-16(23)20-15-6-4-3-5-14(15)19/h3-9H,10H2,1-2H3,(H,20,23). The number of hydrogen-bond donors (Lipinski definition) is 1. The molecule has 0 aliphatic rings. The summed E-state index contributed by atoms with van der Waals surface area (Å²) in [5, 5.41) is 11.3. The third-order valence-electron chi connectivity index (χ3n) is 3.64. The number of rotatable bonds is 5. The molecule has 1 amide bonds. The first-order valence-electron chi connectivity index (χ1n) is 7.61. The van der Waals surface area contributed by atoms with Crippen LogP contribution < -0.4 is 5.32 Å². The van der Waals surface area contributed by atoms with Gasteiger partial charge < -0.3 is 9.73 Å². The van der Waals surface area contributed by atoms with Gasteiger partial charge in [-0.2, -0.15) is 0 Å². The van der Waals surface area contributed by atoms with Crippen molar-refractivity contribution in [2.75, 3.05) is 11.1 Å². The summed E-state index contributed by atoms with van der Waals surface area (Å²) >= 11 is 4.61. The highest BCUT2D eigenvalue weighted by Crippen LogP contribution is 2.25. The summed E-state index contributed by atoms with van der Waals surface area (Å²) in [6.07, 6.45) is 0. The average molecular weight is 418 g/mol. The number of amides is 1. The van der Waals surface area contributed by atoms with Crippen LogP contribution in [0.15, 0.2) is 56.6 Å². The van der Waals surface area contributed by atoms with E-state index in [1.807, 2.05) is 49.4 Å². The van der Waals surface area contributed by atoms with E-state index in [-0.39, 0.29) is 11.7 Å². The maximum absolute atomic E-state index is 12.1. The molecule has 0 spiro atoms. The summed E-state index contributed by atoms with van der Waals surface area (Å²) < 4.78 is 6.48. The van der Waals surface area contributed by atoms with E-state index in [1.165, 1.54) is 17.3 Å². The summed E-state index contributed by atoms with van der Waals surface area (Å²) in [6.45, 7) is 4.09. The zero-order valence-electron chi connectivity index (χ0n) is 13.7. The second kappa shape index (κ2) is 7.84. The zero-order valence-corrected chi connectivity index (χ0v) is 16.1. The number of carbonyl (C=O) groups is 1. The lowest BCUT2D eigenvalue weighted by Crippen LogP contribution is -2.14. The Labute approximate surface area is 158 Å². The summed E-state index contributed by atoms with van der Waals surface area (Å²) in [4.78, 5) is 12.1. The lowest BCUT2D eigenvalue weighted by Gasteiger charge is -2.05. The van der Waals surface area contributed by atoms with Crippen molar-refractivity contribution in [1.82, 2.24) is 10.2 Å². The molecular formula is C18H16BrN3O2S. The summed E-state index contributed by atoms with van der Waals surface area (Å²) in [5.74, 6) is 0.509. The van der Waals surface area contributed by atoms with Gasteiger partial charge >= 0.3 is 0 Å². The molecule has 0 unspecified atom stereocenters. The van der Waals surface area contributed by atoms with Gasteiger partial charge in [-0.25, -0.2) is 0 Å². The Morgan fingerprint density at radius 2 is 1.96 bits per heavy atom.